The number of pyridine rings is 1. The lowest BCUT2D eigenvalue weighted by Gasteiger charge is -2.05. The monoisotopic (exact) mass is 266 g/mol. The standard InChI is InChI=1S/C7H5BrF2N2O2/c1-3-4(7(9)10)2-11-6(8)5(3)12(13)14/h2,7H,1H3. The van der Waals surface area contributed by atoms with Gasteiger partial charge in [-0.25, -0.2) is 13.8 Å². The summed E-state index contributed by atoms with van der Waals surface area (Å²) >= 11 is 2.83. The zero-order valence-electron chi connectivity index (χ0n) is 7.00. The molecular weight excluding hydrogens is 262 g/mol. The summed E-state index contributed by atoms with van der Waals surface area (Å²) in [6, 6.07) is 0. The normalized spacial score (nSPS) is 10.6. The van der Waals surface area contributed by atoms with Crippen LogP contribution in [-0.4, -0.2) is 9.91 Å². The van der Waals surface area contributed by atoms with E-state index >= 15 is 0 Å². The van der Waals surface area contributed by atoms with Crippen molar-refractivity contribution < 1.29 is 13.7 Å². The number of aromatic nitrogens is 1. The maximum absolute atomic E-state index is 12.3. The van der Waals surface area contributed by atoms with Gasteiger partial charge in [0.05, 0.1) is 4.92 Å². The molecule has 0 spiro atoms. The molecule has 0 aliphatic carbocycles. The minimum atomic E-state index is -2.76. The minimum absolute atomic E-state index is 0.0376. The molecule has 0 atom stereocenters. The Balaban J connectivity index is 3.41. The number of hydrogen-bond donors (Lipinski definition) is 0. The van der Waals surface area contributed by atoms with Gasteiger partial charge in [0.1, 0.15) is 0 Å². The zero-order valence-corrected chi connectivity index (χ0v) is 8.59. The van der Waals surface area contributed by atoms with Gasteiger partial charge in [-0.2, -0.15) is 0 Å². The Morgan fingerprint density at radius 2 is 2.21 bits per heavy atom. The van der Waals surface area contributed by atoms with E-state index in [2.05, 4.69) is 20.9 Å². The molecule has 76 valence electrons. The Hall–Kier alpha value is -1.11. The molecule has 7 heteroatoms. The molecule has 1 rings (SSSR count). The summed E-state index contributed by atoms with van der Waals surface area (Å²) < 4.78 is 24.6. The van der Waals surface area contributed by atoms with E-state index in [1.165, 1.54) is 6.92 Å². The third kappa shape index (κ3) is 1.87. The summed E-state index contributed by atoms with van der Waals surface area (Å²) in [5, 5.41) is 10.5. The van der Waals surface area contributed by atoms with E-state index in [4.69, 9.17) is 0 Å². The van der Waals surface area contributed by atoms with Gasteiger partial charge in [-0.15, -0.1) is 0 Å². The van der Waals surface area contributed by atoms with Crippen molar-refractivity contribution in [3.8, 4) is 0 Å². The van der Waals surface area contributed by atoms with Crippen LogP contribution in [0.3, 0.4) is 0 Å². The molecule has 1 aromatic rings. The average Bonchev–Trinajstić information content (AvgIpc) is 2.02. The third-order valence-electron chi connectivity index (χ3n) is 1.72. The maximum atomic E-state index is 12.3. The molecular formula is C7H5BrF2N2O2. The van der Waals surface area contributed by atoms with Crippen LogP contribution < -0.4 is 0 Å². The van der Waals surface area contributed by atoms with Crippen molar-refractivity contribution in [2.45, 2.75) is 13.3 Å². The molecule has 1 aromatic heterocycles. The van der Waals surface area contributed by atoms with E-state index in [1.54, 1.807) is 0 Å². The first kappa shape index (κ1) is 11.0. The molecule has 0 aromatic carbocycles. The second-order valence-corrected chi connectivity index (χ2v) is 3.29. The lowest BCUT2D eigenvalue weighted by molar-refractivity contribution is -0.386. The Morgan fingerprint density at radius 1 is 1.64 bits per heavy atom. The van der Waals surface area contributed by atoms with Crippen LogP contribution in [0, 0.1) is 17.0 Å². The van der Waals surface area contributed by atoms with Crippen molar-refractivity contribution in [1.82, 2.24) is 4.98 Å². The summed E-state index contributed by atoms with van der Waals surface area (Å²) in [6.07, 6.45) is -1.83. The van der Waals surface area contributed by atoms with Crippen LogP contribution >= 0.6 is 15.9 Å². The number of hydrogen-bond acceptors (Lipinski definition) is 3. The van der Waals surface area contributed by atoms with Crippen molar-refractivity contribution in [3.63, 3.8) is 0 Å². The highest BCUT2D eigenvalue weighted by molar-refractivity contribution is 9.10. The number of rotatable bonds is 2. The van der Waals surface area contributed by atoms with Gasteiger partial charge < -0.3 is 0 Å². The molecule has 0 radical (unpaired) electrons. The highest BCUT2D eigenvalue weighted by Gasteiger charge is 2.23. The van der Waals surface area contributed by atoms with Crippen molar-refractivity contribution in [2.75, 3.05) is 0 Å². The van der Waals surface area contributed by atoms with Crippen LogP contribution in [0.1, 0.15) is 17.6 Å². The fourth-order valence-corrected chi connectivity index (χ4v) is 1.55. The van der Waals surface area contributed by atoms with E-state index < -0.39 is 22.6 Å². The molecule has 4 nitrogen and oxygen atoms in total. The SMILES string of the molecule is Cc1c(C(F)F)cnc(Br)c1[N+](=O)[O-]. The quantitative estimate of drug-likeness (QED) is 0.470. The Morgan fingerprint density at radius 3 is 2.64 bits per heavy atom. The Bertz CT molecular complexity index is 384. The first-order chi connectivity index (χ1) is 6.45. The average molecular weight is 267 g/mol. The molecule has 0 unspecified atom stereocenters. The molecule has 0 saturated carbocycles. The van der Waals surface area contributed by atoms with Crippen LogP contribution in [0.4, 0.5) is 14.5 Å². The minimum Gasteiger partial charge on any atom is -0.258 e. The molecule has 0 amide bonds. The van der Waals surface area contributed by atoms with Gasteiger partial charge in [-0.05, 0) is 22.9 Å². The third-order valence-corrected chi connectivity index (χ3v) is 2.30. The molecule has 0 bridgehead atoms. The van der Waals surface area contributed by atoms with Crippen molar-refractivity contribution in [1.29, 1.82) is 0 Å². The van der Waals surface area contributed by atoms with Gasteiger partial charge in [0.25, 0.3) is 6.43 Å². The lowest BCUT2D eigenvalue weighted by atomic mass is 10.1. The van der Waals surface area contributed by atoms with E-state index in [0.29, 0.717) is 0 Å². The van der Waals surface area contributed by atoms with Crippen molar-refractivity contribution >= 4 is 21.6 Å². The second kappa shape index (κ2) is 3.95. The summed E-state index contributed by atoms with van der Waals surface area (Å²) in [4.78, 5) is 13.2. The molecule has 0 aliphatic heterocycles. The van der Waals surface area contributed by atoms with Gasteiger partial charge in [-0.3, -0.25) is 10.1 Å². The summed E-state index contributed by atoms with van der Waals surface area (Å²) in [7, 11) is 0. The van der Waals surface area contributed by atoms with Crippen LogP contribution in [0.2, 0.25) is 0 Å². The van der Waals surface area contributed by atoms with E-state index in [-0.39, 0.29) is 10.2 Å². The van der Waals surface area contributed by atoms with Crippen LogP contribution in [0.5, 0.6) is 0 Å². The summed E-state index contributed by atoms with van der Waals surface area (Å²) in [5.74, 6) is 0. The molecule has 0 fully saturated rings. The van der Waals surface area contributed by atoms with Gasteiger partial charge in [-0.1, -0.05) is 0 Å². The topological polar surface area (TPSA) is 56.0 Å². The molecule has 0 N–H and O–H groups in total. The lowest BCUT2D eigenvalue weighted by Crippen LogP contribution is -2.00. The Labute approximate surface area is 86.2 Å². The highest BCUT2D eigenvalue weighted by Crippen LogP contribution is 2.32. The number of nitro groups is 1. The number of alkyl halides is 2. The first-order valence-corrected chi connectivity index (χ1v) is 4.32. The van der Waals surface area contributed by atoms with Crippen LogP contribution in [0.15, 0.2) is 10.8 Å². The number of nitrogens with zero attached hydrogens (tertiary/aromatic N) is 2. The van der Waals surface area contributed by atoms with Gasteiger partial charge in [0.2, 0.25) is 0 Å². The largest absolute Gasteiger partial charge is 0.305 e. The van der Waals surface area contributed by atoms with Crippen molar-refractivity contribution in [2.24, 2.45) is 0 Å². The summed E-state index contributed by atoms with van der Waals surface area (Å²) in [5.41, 5.74) is -0.894. The second-order valence-electron chi connectivity index (χ2n) is 2.54. The molecule has 0 saturated heterocycles. The van der Waals surface area contributed by atoms with E-state index in [1.807, 2.05) is 0 Å². The first-order valence-electron chi connectivity index (χ1n) is 3.52. The van der Waals surface area contributed by atoms with E-state index in [9.17, 15) is 18.9 Å². The predicted molar refractivity (Wildman–Crippen MR) is 48.3 cm³/mol. The maximum Gasteiger partial charge on any atom is 0.305 e. The van der Waals surface area contributed by atoms with Crippen LogP contribution in [0.25, 0.3) is 0 Å². The fourth-order valence-electron chi connectivity index (χ4n) is 1.01. The van der Waals surface area contributed by atoms with Gasteiger partial charge in [0, 0.05) is 17.3 Å². The van der Waals surface area contributed by atoms with Crippen LogP contribution in [-0.2, 0) is 0 Å². The molecule has 1 heterocycles. The summed E-state index contributed by atoms with van der Waals surface area (Å²) in [6.45, 7) is 1.27. The van der Waals surface area contributed by atoms with Gasteiger partial charge in [0.15, 0.2) is 4.60 Å². The Kier molecular flexibility index (Phi) is 3.10. The predicted octanol–water partition coefficient (Wildman–Crippen LogP) is 3.00. The molecule has 0 aliphatic rings. The fraction of sp³-hybridized carbons (Fsp3) is 0.286. The highest BCUT2D eigenvalue weighted by atomic mass is 79.9. The number of halogens is 3. The smallest absolute Gasteiger partial charge is 0.258 e. The van der Waals surface area contributed by atoms with Gasteiger partial charge >= 0.3 is 5.69 Å². The van der Waals surface area contributed by atoms with E-state index in [0.717, 1.165) is 6.20 Å². The molecule has 14 heavy (non-hydrogen) atoms. The zero-order chi connectivity index (χ0) is 10.9. The van der Waals surface area contributed by atoms with Crippen molar-refractivity contribution in [3.05, 3.63) is 32.0 Å².